The first-order valence-electron chi connectivity index (χ1n) is 16.3. The van der Waals surface area contributed by atoms with E-state index < -0.39 is 6.04 Å². The van der Waals surface area contributed by atoms with Crippen LogP contribution in [0.4, 0.5) is 0 Å². The molecule has 7 heteroatoms. The average molecular weight is 640 g/mol. The molecule has 0 saturated carbocycles. The zero-order chi connectivity index (χ0) is 33.3. The minimum absolute atomic E-state index is 0.206. The summed E-state index contributed by atoms with van der Waals surface area (Å²) in [4.78, 5) is 20.0. The number of aryl methyl sites for hydroxylation is 1. The summed E-state index contributed by atoms with van der Waals surface area (Å²) in [7, 11) is 1.65. The van der Waals surface area contributed by atoms with Gasteiger partial charge in [0.15, 0.2) is 0 Å². The highest BCUT2D eigenvalue weighted by atomic mass is 16.5. The normalized spacial score (nSPS) is 14.2. The van der Waals surface area contributed by atoms with Gasteiger partial charge in [-0.15, -0.1) is 0 Å². The third-order valence-electron chi connectivity index (χ3n) is 8.98. The van der Waals surface area contributed by atoms with E-state index in [1.54, 1.807) is 12.1 Å². The van der Waals surface area contributed by atoms with Crippen molar-refractivity contribution in [3.63, 3.8) is 0 Å². The maximum atomic E-state index is 15.0. The molecule has 3 heterocycles. The number of para-hydroxylation sites is 2. The maximum absolute atomic E-state index is 15.0. The lowest BCUT2D eigenvalue weighted by Crippen LogP contribution is -2.29. The molecule has 7 nitrogen and oxygen atoms in total. The van der Waals surface area contributed by atoms with Crippen molar-refractivity contribution in [3.05, 3.63) is 168 Å². The van der Waals surface area contributed by atoms with Gasteiger partial charge in [0.25, 0.3) is 5.91 Å². The summed E-state index contributed by atoms with van der Waals surface area (Å²) >= 11 is 0. The van der Waals surface area contributed by atoms with Crippen molar-refractivity contribution >= 4 is 22.5 Å². The van der Waals surface area contributed by atoms with Crippen molar-refractivity contribution in [2.75, 3.05) is 7.11 Å². The Hall–Kier alpha value is -6.34. The molecule has 0 radical (unpaired) electrons. The number of amides is 1. The summed E-state index contributed by atoms with van der Waals surface area (Å²) in [5.41, 5.74) is 9.44. The smallest absolute Gasteiger partial charge is 0.275 e. The summed E-state index contributed by atoms with van der Waals surface area (Å²) in [5.74, 6) is 0.552. The van der Waals surface area contributed by atoms with E-state index >= 15 is 4.79 Å². The number of rotatable bonds is 7. The van der Waals surface area contributed by atoms with E-state index in [0.29, 0.717) is 12.0 Å². The van der Waals surface area contributed by atoms with E-state index in [1.165, 1.54) is 0 Å². The molecule has 1 atom stereocenters. The standard InChI is InChI=1S/C42H33N5O2/c1-28-17-19-30(20-18-28)37-25-35(34-15-9-10-16-36(34)43-37)42(48)47-41(27-39(45-47)31-21-23-33(49-2)24-22-31)40-26-38(29-11-5-3-6-12-29)44-46(40)32-13-7-4-8-14-32/h3-26,41H,27H2,1-2H3. The number of nitrogens with zero attached hydrogens (tertiary/aromatic N) is 5. The minimum Gasteiger partial charge on any atom is -0.497 e. The van der Waals surface area contributed by atoms with Gasteiger partial charge < -0.3 is 4.74 Å². The molecule has 2 aromatic heterocycles. The number of benzene rings is 5. The second-order valence-electron chi connectivity index (χ2n) is 12.2. The number of hydrogen-bond donors (Lipinski definition) is 0. The molecule has 5 aromatic carbocycles. The molecule has 49 heavy (non-hydrogen) atoms. The number of carbonyl (C=O) groups excluding carboxylic acids is 1. The van der Waals surface area contributed by atoms with Gasteiger partial charge in [0.05, 0.1) is 46.7 Å². The Balaban J connectivity index is 1.30. The molecule has 1 unspecified atom stereocenters. The fourth-order valence-electron chi connectivity index (χ4n) is 6.39. The van der Waals surface area contributed by atoms with Crippen molar-refractivity contribution < 1.29 is 9.53 Å². The predicted molar refractivity (Wildman–Crippen MR) is 194 cm³/mol. The number of fused-ring (bicyclic) bond motifs is 1. The fourth-order valence-corrected chi connectivity index (χ4v) is 6.39. The van der Waals surface area contributed by atoms with Crippen molar-refractivity contribution in [2.45, 2.75) is 19.4 Å². The molecule has 0 N–H and O–H groups in total. The highest BCUT2D eigenvalue weighted by Gasteiger charge is 2.37. The third kappa shape index (κ3) is 5.76. The highest BCUT2D eigenvalue weighted by Crippen LogP contribution is 2.38. The largest absolute Gasteiger partial charge is 0.497 e. The number of methoxy groups -OCH3 is 1. The summed E-state index contributed by atoms with van der Waals surface area (Å²) in [6, 6.07) is 47.5. The number of aromatic nitrogens is 3. The highest BCUT2D eigenvalue weighted by molar-refractivity contribution is 6.10. The van der Waals surface area contributed by atoms with Crippen LogP contribution in [-0.2, 0) is 0 Å². The monoisotopic (exact) mass is 639 g/mol. The Morgan fingerprint density at radius 1 is 0.714 bits per heavy atom. The zero-order valence-corrected chi connectivity index (χ0v) is 27.2. The number of pyridine rings is 1. The van der Waals surface area contributed by atoms with Gasteiger partial charge in [0.1, 0.15) is 11.8 Å². The van der Waals surface area contributed by atoms with E-state index in [0.717, 1.165) is 67.4 Å². The molecule has 8 rings (SSSR count). The molecule has 0 spiro atoms. The van der Waals surface area contributed by atoms with Gasteiger partial charge in [0, 0.05) is 22.9 Å². The molecule has 1 aliphatic heterocycles. The Kier molecular flexibility index (Phi) is 7.78. The molecular weight excluding hydrogens is 606 g/mol. The average Bonchev–Trinajstić information content (AvgIpc) is 3.81. The fraction of sp³-hybridized carbons (Fsp3) is 0.0952. The SMILES string of the molecule is COc1ccc(C2=NN(C(=O)c3cc(-c4ccc(C)cc4)nc4ccccc34)C(c3cc(-c4ccccc4)nn3-c3ccccc3)C2)cc1. The lowest BCUT2D eigenvalue weighted by atomic mass is 9.99. The van der Waals surface area contributed by atoms with E-state index in [4.69, 9.17) is 19.9 Å². The number of hydrogen-bond acceptors (Lipinski definition) is 5. The molecule has 1 aliphatic rings. The maximum Gasteiger partial charge on any atom is 0.275 e. The van der Waals surface area contributed by atoms with Gasteiger partial charge in [-0.3, -0.25) is 4.79 Å². The molecule has 1 amide bonds. The summed E-state index contributed by atoms with van der Waals surface area (Å²) in [6.45, 7) is 2.06. The van der Waals surface area contributed by atoms with E-state index in [9.17, 15) is 0 Å². The summed E-state index contributed by atoms with van der Waals surface area (Å²) < 4.78 is 7.37. The van der Waals surface area contributed by atoms with Gasteiger partial charge in [-0.25, -0.2) is 14.7 Å². The quantitative estimate of drug-likeness (QED) is 0.174. The minimum atomic E-state index is -0.440. The van der Waals surface area contributed by atoms with Crippen LogP contribution in [-0.4, -0.2) is 38.5 Å². The third-order valence-corrected chi connectivity index (χ3v) is 8.98. The van der Waals surface area contributed by atoms with Crippen LogP contribution < -0.4 is 4.74 Å². The van der Waals surface area contributed by atoms with Crippen molar-refractivity contribution in [1.29, 1.82) is 0 Å². The summed E-state index contributed by atoms with van der Waals surface area (Å²) in [6.07, 6.45) is 0.499. The lowest BCUT2D eigenvalue weighted by molar-refractivity contribution is 0.0708. The van der Waals surface area contributed by atoms with Gasteiger partial charge in [0.2, 0.25) is 0 Å². The van der Waals surface area contributed by atoms with Gasteiger partial charge in [-0.2, -0.15) is 10.2 Å². The second-order valence-corrected chi connectivity index (χ2v) is 12.2. The van der Waals surface area contributed by atoms with E-state index in [-0.39, 0.29) is 5.91 Å². The molecule has 0 aliphatic carbocycles. The number of carbonyl (C=O) groups is 1. The van der Waals surface area contributed by atoms with E-state index in [1.807, 2.05) is 132 Å². The van der Waals surface area contributed by atoms with Crippen molar-refractivity contribution in [1.82, 2.24) is 19.8 Å². The first-order chi connectivity index (χ1) is 24.1. The van der Waals surface area contributed by atoms with Crippen LogP contribution in [0.2, 0.25) is 0 Å². The zero-order valence-electron chi connectivity index (χ0n) is 27.2. The molecule has 0 bridgehead atoms. The van der Waals surface area contributed by atoms with Crippen LogP contribution in [0.25, 0.3) is 39.1 Å². The molecular formula is C42H33N5O2. The first kappa shape index (κ1) is 30.0. The first-order valence-corrected chi connectivity index (χ1v) is 16.3. The Labute approximate surface area is 284 Å². The van der Waals surface area contributed by atoms with Gasteiger partial charge in [-0.05, 0) is 67.1 Å². The molecule has 0 saturated heterocycles. The molecule has 7 aromatic rings. The van der Waals surface area contributed by atoms with Crippen LogP contribution in [0.1, 0.15) is 39.6 Å². The molecule has 0 fully saturated rings. The Morgan fingerprint density at radius 2 is 1.37 bits per heavy atom. The second kappa shape index (κ2) is 12.7. The van der Waals surface area contributed by atoms with Gasteiger partial charge >= 0.3 is 0 Å². The van der Waals surface area contributed by atoms with Gasteiger partial charge in [-0.1, -0.05) is 96.6 Å². The van der Waals surface area contributed by atoms with Crippen molar-refractivity contribution in [2.24, 2.45) is 5.10 Å². The van der Waals surface area contributed by atoms with E-state index in [2.05, 4.69) is 25.1 Å². The van der Waals surface area contributed by atoms with Crippen LogP contribution in [0, 0.1) is 6.92 Å². The van der Waals surface area contributed by atoms with Crippen LogP contribution >= 0.6 is 0 Å². The molecule has 238 valence electrons. The number of hydrazone groups is 1. The van der Waals surface area contributed by atoms with Crippen LogP contribution in [0.15, 0.2) is 151 Å². The van der Waals surface area contributed by atoms with Crippen LogP contribution in [0.5, 0.6) is 5.75 Å². The number of ether oxygens (including phenoxy) is 1. The Bertz CT molecular complexity index is 2310. The topological polar surface area (TPSA) is 72.6 Å². The van der Waals surface area contributed by atoms with Crippen LogP contribution in [0.3, 0.4) is 0 Å². The predicted octanol–water partition coefficient (Wildman–Crippen LogP) is 9.06. The summed E-state index contributed by atoms with van der Waals surface area (Å²) in [5, 5.41) is 12.6. The lowest BCUT2D eigenvalue weighted by Gasteiger charge is -2.23. The van der Waals surface area contributed by atoms with Crippen molar-refractivity contribution in [3.8, 4) is 34.0 Å². The Morgan fingerprint density at radius 3 is 2.10 bits per heavy atom.